The van der Waals surface area contributed by atoms with Crippen LogP contribution in [0.15, 0.2) is 78.9 Å². The van der Waals surface area contributed by atoms with Gasteiger partial charge in [0.1, 0.15) is 0 Å². The molecule has 0 aromatic heterocycles. The molecule has 0 amide bonds. The van der Waals surface area contributed by atoms with Crippen LogP contribution in [-0.4, -0.2) is 19.9 Å². The van der Waals surface area contributed by atoms with Crippen LogP contribution >= 0.6 is 0 Å². The highest BCUT2D eigenvalue weighted by molar-refractivity contribution is 6.07. The van der Waals surface area contributed by atoms with Crippen LogP contribution < -0.4 is 4.90 Å². The molecule has 128 valence electrons. The largest absolute Gasteiger partial charge is 0.377 e. The molecule has 0 radical (unpaired) electrons. The fourth-order valence-electron chi connectivity index (χ4n) is 3.52. The van der Waals surface area contributed by atoms with Gasteiger partial charge < -0.3 is 4.90 Å². The van der Waals surface area contributed by atoms with E-state index in [9.17, 15) is 4.79 Å². The molecule has 2 nitrogen and oxygen atoms in total. The molecule has 0 aliphatic carbocycles. The molecule has 4 aromatic rings. The Kier molecular flexibility index (Phi) is 4.18. The topological polar surface area (TPSA) is 20.3 Å². The Morgan fingerprint density at radius 1 is 0.769 bits per heavy atom. The highest BCUT2D eigenvalue weighted by atomic mass is 16.1. The second kappa shape index (κ2) is 6.64. The fraction of sp³-hybridized carbons (Fsp3) is 0.125. The van der Waals surface area contributed by atoms with Gasteiger partial charge in [-0.05, 0) is 39.9 Å². The Hall–Kier alpha value is -3.13. The zero-order valence-electron chi connectivity index (χ0n) is 15.1. The number of fused-ring (bicyclic) bond motifs is 2. The second-order valence-corrected chi connectivity index (χ2v) is 6.85. The second-order valence-electron chi connectivity index (χ2n) is 6.85. The van der Waals surface area contributed by atoms with Gasteiger partial charge in [-0.15, -0.1) is 0 Å². The molecule has 0 saturated heterocycles. The summed E-state index contributed by atoms with van der Waals surface area (Å²) in [6.07, 6.45) is 0.409. The van der Waals surface area contributed by atoms with Gasteiger partial charge in [0.2, 0.25) is 0 Å². The molecule has 0 unspecified atom stereocenters. The van der Waals surface area contributed by atoms with Gasteiger partial charge in [-0.3, -0.25) is 4.79 Å². The molecule has 0 fully saturated rings. The number of anilines is 1. The van der Waals surface area contributed by atoms with E-state index < -0.39 is 0 Å². The van der Waals surface area contributed by atoms with Crippen LogP contribution in [-0.2, 0) is 6.42 Å². The number of hydrogen-bond donors (Lipinski definition) is 0. The Labute approximate surface area is 153 Å². The van der Waals surface area contributed by atoms with E-state index in [0.29, 0.717) is 6.42 Å². The first kappa shape index (κ1) is 16.3. The highest BCUT2D eigenvalue weighted by Gasteiger charge is 2.13. The predicted octanol–water partition coefficient (Wildman–Crippen LogP) is 5.48. The van der Waals surface area contributed by atoms with Crippen molar-refractivity contribution in [1.29, 1.82) is 0 Å². The summed E-state index contributed by atoms with van der Waals surface area (Å²) < 4.78 is 0. The summed E-state index contributed by atoms with van der Waals surface area (Å²) in [6.45, 7) is 0. The smallest absolute Gasteiger partial charge is 0.167 e. The minimum Gasteiger partial charge on any atom is -0.377 e. The maximum atomic E-state index is 12.7. The van der Waals surface area contributed by atoms with Crippen molar-refractivity contribution < 1.29 is 4.79 Å². The van der Waals surface area contributed by atoms with Gasteiger partial charge in [-0.1, -0.05) is 60.7 Å². The van der Waals surface area contributed by atoms with E-state index in [1.54, 1.807) is 0 Å². The van der Waals surface area contributed by atoms with E-state index in [1.807, 2.05) is 30.3 Å². The molecule has 0 bridgehead atoms. The minimum absolute atomic E-state index is 0.151. The predicted molar refractivity (Wildman–Crippen MR) is 110 cm³/mol. The molecule has 0 spiro atoms. The first-order valence-corrected chi connectivity index (χ1v) is 8.83. The van der Waals surface area contributed by atoms with Crippen LogP contribution in [0, 0.1) is 0 Å². The van der Waals surface area contributed by atoms with Crippen molar-refractivity contribution in [3.63, 3.8) is 0 Å². The van der Waals surface area contributed by atoms with E-state index in [0.717, 1.165) is 16.5 Å². The third-order valence-corrected chi connectivity index (χ3v) is 4.88. The van der Waals surface area contributed by atoms with E-state index in [-0.39, 0.29) is 5.78 Å². The third-order valence-electron chi connectivity index (χ3n) is 4.88. The van der Waals surface area contributed by atoms with Crippen molar-refractivity contribution in [2.45, 2.75) is 6.42 Å². The fourth-order valence-corrected chi connectivity index (χ4v) is 3.52. The van der Waals surface area contributed by atoms with Gasteiger partial charge in [-0.2, -0.15) is 0 Å². The monoisotopic (exact) mass is 339 g/mol. The molecular formula is C24H21NO. The lowest BCUT2D eigenvalue weighted by Crippen LogP contribution is -2.10. The molecule has 0 atom stereocenters. The average Bonchev–Trinajstić information content (AvgIpc) is 2.67. The maximum absolute atomic E-state index is 12.7. The molecule has 0 aliphatic heterocycles. The summed E-state index contributed by atoms with van der Waals surface area (Å²) in [6, 6.07) is 26.6. The minimum atomic E-state index is 0.151. The van der Waals surface area contributed by atoms with E-state index >= 15 is 0 Å². The summed E-state index contributed by atoms with van der Waals surface area (Å²) in [5.74, 6) is 0.151. The summed E-state index contributed by atoms with van der Waals surface area (Å²) in [5.41, 5.74) is 3.00. The van der Waals surface area contributed by atoms with E-state index in [1.165, 1.54) is 21.8 Å². The molecule has 4 aromatic carbocycles. The van der Waals surface area contributed by atoms with Crippen LogP contribution in [0.3, 0.4) is 0 Å². The lowest BCUT2D eigenvalue weighted by Gasteiger charge is -2.18. The van der Waals surface area contributed by atoms with E-state index in [4.69, 9.17) is 0 Å². The average molecular weight is 339 g/mol. The standard InChI is InChI=1S/C24H21NO/c1-25(2)23-13-12-20(16-24(26)17-8-4-3-5-9-17)21-14-18-10-6-7-11-19(18)15-22(21)23/h3-15H,16H2,1-2H3. The Bertz CT molecular complexity index is 1100. The molecule has 4 rings (SSSR count). The number of carbonyl (C=O) groups excluding carboxylic acids is 1. The summed E-state index contributed by atoms with van der Waals surface area (Å²) in [5, 5.41) is 4.75. The van der Waals surface area contributed by atoms with Gasteiger partial charge in [0.25, 0.3) is 0 Å². The Morgan fingerprint density at radius 2 is 1.38 bits per heavy atom. The first-order chi connectivity index (χ1) is 12.6. The number of benzene rings is 4. The van der Waals surface area contributed by atoms with Crippen molar-refractivity contribution in [1.82, 2.24) is 0 Å². The van der Waals surface area contributed by atoms with Crippen LogP contribution in [0.25, 0.3) is 21.5 Å². The molecule has 0 saturated carbocycles. The van der Waals surface area contributed by atoms with Gasteiger partial charge >= 0.3 is 0 Å². The SMILES string of the molecule is CN(C)c1ccc(CC(=O)c2ccccc2)c2cc3ccccc3cc12. The number of ketones is 1. The highest BCUT2D eigenvalue weighted by Crippen LogP contribution is 2.33. The summed E-state index contributed by atoms with van der Waals surface area (Å²) in [7, 11) is 4.11. The molecule has 0 heterocycles. The van der Waals surface area contributed by atoms with Crippen molar-refractivity contribution in [3.05, 3.63) is 90.0 Å². The summed E-state index contributed by atoms with van der Waals surface area (Å²) in [4.78, 5) is 14.9. The van der Waals surface area contributed by atoms with Crippen molar-refractivity contribution >= 4 is 33.0 Å². The van der Waals surface area contributed by atoms with Crippen molar-refractivity contribution in [2.24, 2.45) is 0 Å². The normalized spacial score (nSPS) is 11.0. The maximum Gasteiger partial charge on any atom is 0.167 e. The van der Waals surface area contributed by atoms with Crippen molar-refractivity contribution in [3.8, 4) is 0 Å². The molecule has 26 heavy (non-hydrogen) atoms. The van der Waals surface area contributed by atoms with Crippen molar-refractivity contribution in [2.75, 3.05) is 19.0 Å². The number of carbonyl (C=O) groups is 1. The lowest BCUT2D eigenvalue weighted by molar-refractivity contribution is 0.0993. The number of nitrogens with zero attached hydrogens (tertiary/aromatic N) is 1. The number of hydrogen-bond acceptors (Lipinski definition) is 2. The van der Waals surface area contributed by atoms with Crippen LogP contribution in [0.1, 0.15) is 15.9 Å². The third kappa shape index (κ3) is 2.95. The lowest BCUT2D eigenvalue weighted by atomic mass is 9.94. The Balaban J connectivity index is 1.88. The van der Waals surface area contributed by atoms with Gasteiger partial charge in [-0.25, -0.2) is 0 Å². The summed E-state index contributed by atoms with van der Waals surface area (Å²) >= 11 is 0. The number of rotatable bonds is 4. The quantitative estimate of drug-likeness (QED) is 0.362. The Morgan fingerprint density at radius 3 is 2.04 bits per heavy atom. The van der Waals surface area contributed by atoms with E-state index in [2.05, 4.69) is 67.5 Å². The molecule has 0 aliphatic rings. The first-order valence-electron chi connectivity index (χ1n) is 8.83. The van der Waals surface area contributed by atoms with Gasteiger partial charge in [0, 0.05) is 37.2 Å². The zero-order valence-corrected chi connectivity index (χ0v) is 15.1. The van der Waals surface area contributed by atoms with Gasteiger partial charge in [0.05, 0.1) is 0 Å². The zero-order chi connectivity index (χ0) is 18.1. The molecule has 2 heteroatoms. The molecule has 0 N–H and O–H groups in total. The molecular weight excluding hydrogens is 318 g/mol. The van der Waals surface area contributed by atoms with Crippen LogP contribution in [0.2, 0.25) is 0 Å². The van der Waals surface area contributed by atoms with Crippen LogP contribution in [0.4, 0.5) is 5.69 Å². The van der Waals surface area contributed by atoms with Gasteiger partial charge in [0.15, 0.2) is 5.78 Å². The van der Waals surface area contributed by atoms with Crippen LogP contribution in [0.5, 0.6) is 0 Å². The number of Topliss-reactive ketones (excluding diaryl/α,β-unsaturated/α-hetero) is 1.